The smallest absolute Gasteiger partial charge is 0.328 e. The van der Waals surface area contributed by atoms with E-state index in [1.807, 2.05) is 24.1 Å². The van der Waals surface area contributed by atoms with Crippen LogP contribution in [0.4, 0.5) is 5.69 Å². The van der Waals surface area contributed by atoms with Crippen LogP contribution in [0, 0.1) is 11.3 Å². The summed E-state index contributed by atoms with van der Waals surface area (Å²) in [5.74, 6) is -0.998. The molecular weight excluding hydrogens is 240 g/mol. The first-order chi connectivity index (χ1) is 9.08. The Morgan fingerprint density at radius 3 is 2.84 bits per heavy atom. The van der Waals surface area contributed by atoms with Crippen LogP contribution < -0.4 is 4.90 Å². The summed E-state index contributed by atoms with van der Waals surface area (Å²) in [6, 6.07) is 7.54. The fraction of sp³-hybridized carbons (Fsp3) is 0.333. The first-order valence-electron chi connectivity index (χ1n) is 6.24. The minimum Gasteiger partial charge on any atom is -0.478 e. The highest BCUT2D eigenvalue weighted by Crippen LogP contribution is 2.21. The lowest BCUT2D eigenvalue weighted by atomic mass is 10.1. The van der Waals surface area contributed by atoms with Crippen LogP contribution in [-0.4, -0.2) is 24.7 Å². The Bertz CT molecular complexity index is 515. The third-order valence-corrected chi connectivity index (χ3v) is 2.82. The predicted octanol–water partition coefficient (Wildman–Crippen LogP) is 2.89. The molecule has 0 bridgehead atoms. The molecule has 1 rings (SSSR count). The van der Waals surface area contributed by atoms with Crippen molar-refractivity contribution >= 4 is 17.7 Å². The number of carbonyl (C=O) groups is 1. The van der Waals surface area contributed by atoms with Gasteiger partial charge in [-0.2, -0.15) is 5.26 Å². The quantitative estimate of drug-likeness (QED) is 0.797. The number of carboxylic acids is 1. The Morgan fingerprint density at radius 2 is 2.26 bits per heavy atom. The zero-order valence-electron chi connectivity index (χ0n) is 11.3. The Kier molecular flexibility index (Phi) is 5.62. The van der Waals surface area contributed by atoms with Crippen LogP contribution in [0.15, 0.2) is 24.3 Å². The van der Waals surface area contributed by atoms with Crippen molar-refractivity contribution in [2.75, 3.05) is 18.5 Å². The Balaban J connectivity index is 2.97. The number of benzene rings is 1. The highest BCUT2D eigenvalue weighted by atomic mass is 16.4. The fourth-order valence-electron chi connectivity index (χ4n) is 1.76. The average Bonchev–Trinajstić information content (AvgIpc) is 2.42. The molecule has 100 valence electrons. The number of nitriles is 1. The molecule has 0 aliphatic carbocycles. The van der Waals surface area contributed by atoms with E-state index in [0.717, 1.165) is 31.1 Å². The maximum absolute atomic E-state index is 10.5. The maximum Gasteiger partial charge on any atom is 0.328 e. The van der Waals surface area contributed by atoms with Gasteiger partial charge in [0, 0.05) is 19.7 Å². The molecule has 0 aromatic heterocycles. The van der Waals surface area contributed by atoms with Gasteiger partial charge in [0.2, 0.25) is 0 Å². The summed E-state index contributed by atoms with van der Waals surface area (Å²) in [6.45, 7) is 3.02. The van der Waals surface area contributed by atoms with Crippen LogP contribution >= 0.6 is 0 Å². The number of nitrogens with zero attached hydrogens (tertiary/aromatic N) is 2. The van der Waals surface area contributed by atoms with Gasteiger partial charge in [-0.1, -0.05) is 19.4 Å². The molecule has 4 nitrogen and oxygen atoms in total. The summed E-state index contributed by atoms with van der Waals surface area (Å²) in [6.07, 6.45) is 4.73. The highest BCUT2D eigenvalue weighted by Gasteiger charge is 2.07. The summed E-state index contributed by atoms with van der Waals surface area (Å²) >= 11 is 0. The summed E-state index contributed by atoms with van der Waals surface area (Å²) in [7, 11) is 1.96. The van der Waals surface area contributed by atoms with Crippen LogP contribution in [0.1, 0.15) is 30.9 Å². The van der Waals surface area contributed by atoms with Gasteiger partial charge < -0.3 is 10.0 Å². The number of anilines is 1. The van der Waals surface area contributed by atoms with Gasteiger partial charge in [-0.25, -0.2) is 4.79 Å². The zero-order valence-corrected chi connectivity index (χ0v) is 11.3. The van der Waals surface area contributed by atoms with Crippen LogP contribution in [0.25, 0.3) is 6.08 Å². The molecule has 0 aliphatic heterocycles. The molecule has 0 saturated carbocycles. The Morgan fingerprint density at radius 1 is 1.53 bits per heavy atom. The molecule has 0 unspecified atom stereocenters. The second-order valence-corrected chi connectivity index (χ2v) is 4.34. The summed E-state index contributed by atoms with van der Waals surface area (Å²) in [4.78, 5) is 12.5. The van der Waals surface area contributed by atoms with Gasteiger partial charge in [-0.05, 0) is 30.2 Å². The van der Waals surface area contributed by atoms with Crippen LogP contribution in [0.5, 0.6) is 0 Å². The van der Waals surface area contributed by atoms with E-state index >= 15 is 0 Å². The van der Waals surface area contributed by atoms with Crippen molar-refractivity contribution in [3.05, 3.63) is 35.4 Å². The molecule has 0 spiro atoms. The highest BCUT2D eigenvalue weighted by molar-refractivity contribution is 5.85. The van der Waals surface area contributed by atoms with E-state index in [9.17, 15) is 10.1 Å². The number of unbranched alkanes of at least 4 members (excludes halogenated alkanes) is 1. The van der Waals surface area contributed by atoms with Crippen LogP contribution in [-0.2, 0) is 4.79 Å². The van der Waals surface area contributed by atoms with E-state index in [1.54, 1.807) is 6.07 Å². The molecule has 0 atom stereocenters. The minimum atomic E-state index is -0.998. The molecule has 0 aliphatic rings. The van der Waals surface area contributed by atoms with Crippen molar-refractivity contribution in [1.82, 2.24) is 0 Å². The lowest BCUT2D eigenvalue weighted by Crippen LogP contribution is -2.19. The van der Waals surface area contributed by atoms with Gasteiger partial charge in [0.05, 0.1) is 11.3 Å². The molecule has 0 radical (unpaired) electrons. The number of aliphatic carboxylic acids is 1. The topological polar surface area (TPSA) is 64.3 Å². The lowest BCUT2D eigenvalue weighted by Gasteiger charge is -2.20. The van der Waals surface area contributed by atoms with E-state index in [0.29, 0.717) is 11.1 Å². The van der Waals surface area contributed by atoms with Gasteiger partial charge in [-0.3, -0.25) is 0 Å². The van der Waals surface area contributed by atoms with Gasteiger partial charge in [0.1, 0.15) is 6.07 Å². The van der Waals surface area contributed by atoms with E-state index in [-0.39, 0.29) is 0 Å². The van der Waals surface area contributed by atoms with Crippen LogP contribution in [0.3, 0.4) is 0 Å². The third-order valence-electron chi connectivity index (χ3n) is 2.82. The van der Waals surface area contributed by atoms with E-state index in [2.05, 4.69) is 13.0 Å². The normalized spacial score (nSPS) is 10.4. The zero-order chi connectivity index (χ0) is 14.3. The third kappa shape index (κ3) is 4.47. The first kappa shape index (κ1) is 14.8. The van der Waals surface area contributed by atoms with E-state index in [1.165, 1.54) is 6.08 Å². The Labute approximate surface area is 113 Å². The van der Waals surface area contributed by atoms with Gasteiger partial charge in [0.25, 0.3) is 0 Å². The number of rotatable bonds is 6. The predicted molar refractivity (Wildman–Crippen MR) is 76.0 cm³/mol. The second kappa shape index (κ2) is 7.22. The molecule has 4 heteroatoms. The van der Waals surface area contributed by atoms with Crippen LogP contribution in [0.2, 0.25) is 0 Å². The van der Waals surface area contributed by atoms with Crippen molar-refractivity contribution in [2.45, 2.75) is 19.8 Å². The number of hydrogen-bond donors (Lipinski definition) is 1. The molecule has 0 saturated heterocycles. The van der Waals surface area contributed by atoms with Gasteiger partial charge >= 0.3 is 5.97 Å². The largest absolute Gasteiger partial charge is 0.478 e. The van der Waals surface area contributed by atoms with Crippen molar-refractivity contribution in [3.63, 3.8) is 0 Å². The van der Waals surface area contributed by atoms with Crippen molar-refractivity contribution in [2.24, 2.45) is 0 Å². The second-order valence-electron chi connectivity index (χ2n) is 4.34. The number of hydrogen-bond acceptors (Lipinski definition) is 3. The van der Waals surface area contributed by atoms with Crippen molar-refractivity contribution in [3.8, 4) is 6.07 Å². The molecule has 0 amide bonds. The van der Waals surface area contributed by atoms with Gasteiger partial charge in [-0.15, -0.1) is 0 Å². The Hall–Kier alpha value is -2.28. The van der Waals surface area contributed by atoms with E-state index in [4.69, 9.17) is 5.11 Å². The molecule has 1 N–H and O–H groups in total. The molecule has 0 heterocycles. The van der Waals surface area contributed by atoms with Crippen molar-refractivity contribution in [1.29, 1.82) is 5.26 Å². The monoisotopic (exact) mass is 258 g/mol. The number of carboxylic acid groups (broad SMARTS) is 1. The first-order valence-corrected chi connectivity index (χ1v) is 6.24. The van der Waals surface area contributed by atoms with E-state index < -0.39 is 5.97 Å². The molecule has 1 aromatic rings. The summed E-state index contributed by atoms with van der Waals surface area (Å²) in [5.41, 5.74) is 2.15. The SMILES string of the molecule is CCCCN(C)c1ccc(/C=C/C(=O)O)cc1C#N. The average molecular weight is 258 g/mol. The molecule has 0 fully saturated rings. The minimum absolute atomic E-state index is 0.561. The van der Waals surface area contributed by atoms with Gasteiger partial charge in [0.15, 0.2) is 0 Å². The van der Waals surface area contributed by atoms with Crippen molar-refractivity contribution < 1.29 is 9.90 Å². The maximum atomic E-state index is 10.5. The molecule has 1 aromatic carbocycles. The lowest BCUT2D eigenvalue weighted by molar-refractivity contribution is -0.131. The molecule has 19 heavy (non-hydrogen) atoms. The fourth-order valence-corrected chi connectivity index (χ4v) is 1.76. The molecular formula is C15H18N2O2. The standard InChI is InChI=1S/C15H18N2O2/c1-3-4-9-17(2)14-7-5-12(6-8-15(18)19)10-13(14)11-16/h5-8,10H,3-4,9H2,1-2H3,(H,18,19)/b8-6+. The summed E-state index contributed by atoms with van der Waals surface area (Å²) < 4.78 is 0. The summed E-state index contributed by atoms with van der Waals surface area (Å²) in [5, 5.41) is 17.8.